The highest BCUT2D eigenvalue weighted by atomic mass is 32.5. The van der Waals surface area contributed by atoms with E-state index in [2.05, 4.69) is 21.6 Å². The molecule has 2 fully saturated rings. The van der Waals surface area contributed by atoms with Crippen molar-refractivity contribution in [2.75, 3.05) is 6.61 Å². The van der Waals surface area contributed by atoms with Gasteiger partial charge in [0.05, 0.1) is 6.61 Å². The lowest BCUT2D eigenvalue weighted by atomic mass is 10.0. The Morgan fingerprint density at radius 2 is 2.05 bits per heavy atom. The number of hydrogen-bond acceptors (Lipinski definition) is 7. The number of amides is 3. The van der Waals surface area contributed by atoms with Gasteiger partial charge in [-0.2, -0.15) is 0 Å². The molecule has 10 nitrogen and oxygen atoms in total. The molecule has 0 saturated carbocycles. The van der Waals surface area contributed by atoms with Gasteiger partial charge in [0.25, 0.3) is 11.6 Å². The first-order valence-electron chi connectivity index (χ1n) is 5.03. The number of carbonyl (C=O) groups excluding carboxylic acids is 2. The van der Waals surface area contributed by atoms with Crippen LogP contribution in [0.3, 0.4) is 0 Å². The third-order valence-electron chi connectivity index (χ3n) is 2.73. The van der Waals surface area contributed by atoms with Crippen LogP contribution in [0.2, 0.25) is 0 Å². The van der Waals surface area contributed by atoms with E-state index in [1.54, 1.807) is 0 Å². The second kappa shape index (κ2) is 4.72. The molecule has 0 unspecified atom stereocenters. The summed E-state index contributed by atoms with van der Waals surface area (Å²) in [5.41, 5.74) is -2.11. The second-order valence-electron chi connectivity index (χ2n) is 4.02. The van der Waals surface area contributed by atoms with Crippen molar-refractivity contribution < 1.29 is 38.8 Å². The highest BCUT2D eigenvalue weighted by Crippen LogP contribution is 2.39. The predicted octanol–water partition coefficient (Wildman–Crippen LogP) is -3.13. The van der Waals surface area contributed by atoms with Crippen LogP contribution in [0.15, 0.2) is 0 Å². The zero-order valence-electron chi connectivity index (χ0n) is 9.22. The maximum atomic E-state index is 11.6. The molecule has 12 heteroatoms. The van der Waals surface area contributed by atoms with E-state index in [1.165, 1.54) is 0 Å². The molecule has 2 aliphatic heterocycles. The average molecular weight is 314 g/mol. The van der Waals surface area contributed by atoms with Crippen molar-refractivity contribution in [3.8, 4) is 0 Å². The fourth-order valence-electron chi connectivity index (χ4n) is 1.87. The Morgan fingerprint density at radius 1 is 1.42 bits per heavy atom. The number of carbonyl (C=O) groups is 2. The summed E-state index contributed by atoms with van der Waals surface area (Å²) in [7, 11) is 0. The van der Waals surface area contributed by atoms with Crippen LogP contribution >= 0.6 is 6.72 Å². The van der Waals surface area contributed by atoms with E-state index in [0.717, 1.165) is 0 Å². The van der Waals surface area contributed by atoms with Crippen LogP contribution in [0, 0.1) is 0 Å². The quantitative estimate of drug-likeness (QED) is 0.234. The molecule has 19 heavy (non-hydrogen) atoms. The predicted molar refractivity (Wildman–Crippen MR) is 61.0 cm³/mol. The van der Waals surface area contributed by atoms with Crippen molar-refractivity contribution in [1.82, 2.24) is 10.6 Å². The Morgan fingerprint density at radius 3 is 2.53 bits per heavy atom. The Bertz CT molecular complexity index is 468. The fourth-order valence-corrected chi connectivity index (χ4v) is 2.39. The van der Waals surface area contributed by atoms with Crippen molar-refractivity contribution in [2.24, 2.45) is 0 Å². The van der Waals surface area contributed by atoms with Crippen LogP contribution in [0.1, 0.15) is 0 Å². The van der Waals surface area contributed by atoms with Crippen LogP contribution in [0.25, 0.3) is 0 Å². The maximum Gasteiger partial charge on any atom is 0.324 e. The van der Waals surface area contributed by atoms with Gasteiger partial charge >= 0.3 is 12.7 Å². The molecule has 0 aromatic rings. The van der Waals surface area contributed by atoms with Crippen molar-refractivity contribution >= 4 is 30.5 Å². The number of ether oxygens (including phenoxy) is 1. The molecule has 2 saturated heterocycles. The molecule has 0 bridgehead atoms. The van der Waals surface area contributed by atoms with Crippen molar-refractivity contribution in [2.45, 2.75) is 24.0 Å². The summed E-state index contributed by atoms with van der Waals surface area (Å²) < 4.78 is 9.59. The van der Waals surface area contributed by atoms with Gasteiger partial charge in [0.15, 0.2) is 0 Å². The molecule has 2 rings (SSSR count). The van der Waals surface area contributed by atoms with E-state index in [4.69, 9.17) is 14.5 Å². The van der Waals surface area contributed by atoms with Gasteiger partial charge in [0.2, 0.25) is 0 Å². The molecular formula is C7H11N2O8PS. The first-order valence-corrected chi connectivity index (χ1v) is 7.66. The molecule has 108 valence electrons. The topological polar surface area (TPSA) is 158 Å². The molecule has 1 spiro atoms. The number of urea groups is 1. The molecule has 0 aromatic heterocycles. The summed E-state index contributed by atoms with van der Waals surface area (Å²) in [6.45, 7) is -4.52. The second-order valence-corrected chi connectivity index (χ2v) is 6.69. The minimum Gasteiger partial charge on any atom is -0.387 e. The molecular weight excluding hydrogens is 303 g/mol. The van der Waals surface area contributed by atoms with E-state index >= 15 is 0 Å². The minimum atomic E-state index is -3.96. The monoisotopic (exact) mass is 314 g/mol. The number of rotatable bonds is 3. The number of imide groups is 1. The highest BCUT2D eigenvalue weighted by Gasteiger charge is 2.63. The van der Waals surface area contributed by atoms with Crippen molar-refractivity contribution in [3.05, 3.63) is 0 Å². The Labute approximate surface area is 111 Å². The number of nitrogens with one attached hydrogen (secondary N) is 2. The van der Waals surface area contributed by atoms with Gasteiger partial charge in [-0.1, -0.05) is 0 Å². The lowest BCUT2D eigenvalue weighted by molar-refractivity contribution is -0.153. The summed E-state index contributed by atoms with van der Waals surface area (Å²) in [5, 5.41) is 23.4. The standard InChI is InChI=1S/C7H11N2O8PS/c10-3-2(1-16-18(14,15)19)17-7(4(3)11)5(12)8-6(13)9-7/h2-4,10-11H,1H2,(H2,14,15,19)(H2,8,9,12,13)/t2-,3-,4-,7+/m1/s1. The van der Waals surface area contributed by atoms with Crippen molar-refractivity contribution in [1.29, 1.82) is 0 Å². The van der Waals surface area contributed by atoms with E-state index in [9.17, 15) is 19.8 Å². The van der Waals surface area contributed by atoms with Gasteiger partial charge in [-0.25, -0.2) is 4.79 Å². The first kappa shape index (κ1) is 14.8. The Kier molecular flexibility index (Phi) is 3.66. The number of aliphatic hydroxyl groups is 2. The normalized spacial score (nSPS) is 38.6. The fraction of sp³-hybridized carbons (Fsp3) is 0.714. The zero-order valence-corrected chi connectivity index (χ0v) is 10.9. The molecule has 4 atom stereocenters. The summed E-state index contributed by atoms with van der Waals surface area (Å²) in [6.07, 6.45) is -4.57. The molecule has 0 radical (unpaired) electrons. The van der Waals surface area contributed by atoms with Gasteiger partial charge in [0, 0.05) is 0 Å². The van der Waals surface area contributed by atoms with Gasteiger partial charge in [-0.15, -0.1) is 0 Å². The smallest absolute Gasteiger partial charge is 0.324 e. The summed E-state index contributed by atoms with van der Waals surface area (Å²) in [4.78, 5) is 40.4. The van der Waals surface area contributed by atoms with E-state index in [-0.39, 0.29) is 0 Å². The van der Waals surface area contributed by atoms with Gasteiger partial charge in [-0.3, -0.25) is 15.4 Å². The number of hydrogen-bond donors (Lipinski definition) is 6. The van der Waals surface area contributed by atoms with Crippen LogP contribution in [-0.4, -0.2) is 62.6 Å². The molecule has 2 heterocycles. The number of aliphatic hydroxyl groups excluding tert-OH is 2. The minimum absolute atomic E-state index is 0.562. The molecule has 0 aliphatic carbocycles. The highest BCUT2D eigenvalue weighted by molar-refractivity contribution is 8.06. The van der Waals surface area contributed by atoms with Gasteiger partial charge in [-0.05, 0) is 11.8 Å². The van der Waals surface area contributed by atoms with Gasteiger partial charge < -0.3 is 29.3 Å². The summed E-state index contributed by atoms with van der Waals surface area (Å²) in [5.74, 6) is -0.959. The Balaban J connectivity index is 2.13. The summed E-state index contributed by atoms with van der Waals surface area (Å²) in [6, 6.07) is -0.882. The third-order valence-corrected chi connectivity index (χ3v) is 3.53. The van der Waals surface area contributed by atoms with E-state index < -0.39 is 49.3 Å². The molecule has 0 aromatic carbocycles. The molecule has 6 N–H and O–H groups in total. The van der Waals surface area contributed by atoms with Crippen molar-refractivity contribution in [3.63, 3.8) is 0 Å². The summed E-state index contributed by atoms with van der Waals surface area (Å²) >= 11 is 4.21. The van der Waals surface area contributed by atoms with E-state index in [1.807, 2.05) is 5.32 Å². The van der Waals surface area contributed by atoms with Crippen LogP contribution in [0.4, 0.5) is 4.79 Å². The van der Waals surface area contributed by atoms with Gasteiger partial charge in [0.1, 0.15) is 18.3 Å². The third kappa shape index (κ3) is 2.64. The SMILES string of the molecule is O=C1NC(=O)[C@@]2(N1)O[C@H](COP(O)(O)=S)[C@@H](O)[C@H]2O. The lowest BCUT2D eigenvalue weighted by Gasteiger charge is -2.23. The lowest BCUT2D eigenvalue weighted by Crippen LogP contribution is -2.56. The molecule has 2 aliphatic rings. The maximum absolute atomic E-state index is 11.6. The Hall–Kier alpha value is -0.650. The molecule has 3 amide bonds. The largest absolute Gasteiger partial charge is 0.387 e. The van der Waals surface area contributed by atoms with Crippen LogP contribution < -0.4 is 10.6 Å². The van der Waals surface area contributed by atoms with E-state index in [0.29, 0.717) is 0 Å². The zero-order chi connectivity index (χ0) is 14.4. The van der Waals surface area contributed by atoms with Crippen LogP contribution in [-0.2, 0) is 25.9 Å². The average Bonchev–Trinajstić information content (AvgIpc) is 2.68. The first-order chi connectivity index (χ1) is 8.66. The van der Waals surface area contributed by atoms with Crippen LogP contribution in [0.5, 0.6) is 0 Å².